The van der Waals surface area contributed by atoms with Crippen molar-refractivity contribution in [3.63, 3.8) is 0 Å². The van der Waals surface area contributed by atoms with Crippen LogP contribution in [0.3, 0.4) is 0 Å². The van der Waals surface area contributed by atoms with Crippen molar-refractivity contribution in [2.24, 2.45) is 23.5 Å². The number of halogens is 1. The number of nitrogens with one attached hydrogen (secondary N) is 1. The fraction of sp³-hybridized carbons (Fsp3) is 0.542. The molecule has 1 aromatic carbocycles. The molecule has 7 nitrogen and oxygen atoms in total. The lowest BCUT2D eigenvalue weighted by molar-refractivity contribution is 0.0995. The molecule has 2 atom stereocenters. The van der Waals surface area contributed by atoms with E-state index in [1.807, 2.05) is 0 Å². The lowest BCUT2D eigenvalue weighted by Crippen LogP contribution is -2.56. The third-order valence-corrected chi connectivity index (χ3v) is 7.84. The van der Waals surface area contributed by atoms with Crippen molar-refractivity contribution < 1.29 is 14.0 Å². The van der Waals surface area contributed by atoms with E-state index in [0.29, 0.717) is 41.9 Å². The van der Waals surface area contributed by atoms with E-state index in [1.54, 1.807) is 21.7 Å². The second kappa shape index (κ2) is 7.60. The van der Waals surface area contributed by atoms with Crippen LogP contribution in [-0.2, 0) is 13.1 Å². The van der Waals surface area contributed by atoms with Crippen LogP contribution in [0, 0.1) is 23.6 Å². The Labute approximate surface area is 187 Å². The second-order valence-corrected chi connectivity index (χ2v) is 10.0. The Morgan fingerprint density at radius 2 is 1.94 bits per heavy atom. The number of nitrogens with zero attached hydrogens (tertiary/aromatic N) is 3. The molecular formula is C24H30FN5O2. The van der Waals surface area contributed by atoms with Gasteiger partial charge in [-0.15, -0.1) is 0 Å². The summed E-state index contributed by atoms with van der Waals surface area (Å²) in [5.41, 5.74) is 7.20. The van der Waals surface area contributed by atoms with E-state index in [1.165, 1.54) is 25.0 Å². The fourth-order valence-corrected chi connectivity index (χ4v) is 6.18. The quantitative estimate of drug-likeness (QED) is 0.766. The highest BCUT2D eigenvalue weighted by Gasteiger charge is 2.46. The van der Waals surface area contributed by atoms with Crippen LogP contribution in [0.15, 0.2) is 24.3 Å². The minimum Gasteiger partial charge on any atom is -0.365 e. The first-order chi connectivity index (χ1) is 15.2. The minimum absolute atomic E-state index is 0.114. The number of rotatable bonds is 3. The van der Waals surface area contributed by atoms with Crippen LogP contribution in [0.4, 0.5) is 9.18 Å². The Hall–Kier alpha value is -2.90. The minimum atomic E-state index is -0.627. The molecule has 3 N–H and O–H groups in total. The first-order valence-electron chi connectivity index (χ1n) is 11.5. The Morgan fingerprint density at radius 3 is 2.59 bits per heavy atom. The number of primary amides is 1. The molecule has 170 valence electrons. The molecule has 0 saturated heterocycles. The van der Waals surface area contributed by atoms with Gasteiger partial charge in [0.1, 0.15) is 11.5 Å². The van der Waals surface area contributed by atoms with Crippen LogP contribution in [0.2, 0.25) is 0 Å². The van der Waals surface area contributed by atoms with Gasteiger partial charge in [0.2, 0.25) is 0 Å². The predicted octanol–water partition coefficient (Wildman–Crippen LogP) is 3.53. The number of carbonyl (C=O) groups excluding carboxylic acids is 2. The molecule has 2 aliphatic carbocycles. The average molecular weight is 440 g/mol. The van der Waals surface area contributed by atoms with Crippen molar-refractivity contribution in [1.29, 1.82) is 0 Å². The van der Waals surface area contributed by atoms with Crippen molar-refractivity contribution in [1.82, 2.24) is 20.0 Å². The molecule has 5 rings (SSSR count). The summed E-state index contributed by atoms with van der Waals surface area (Å²) in [6.07, 6.45) is 4.53. The summed E-state index contributed by atoms with van der Waals surface area (Å²) in [7, 11) is 0. The third kappa shape index (κ3) is 3.55. The SMILES string of the molecule is CC1C2CCC1CC(C)(NC(=O)N1CCn3nc(-c4cccc(F)c4)c(C(N)=O)c3C1)C2. The van der Waals surface area contributed by atoms with Crippen LogP contribution in [0.5, 0.6) is 0 Å². The molecule has 32 heavy (non-hydrogen) atoms. The van der Waals surface area contributed by atoms with E-state index >= 15 is 0 Å². The molecule has 0 radical (unpaired) electrons. The zero-order valence-corrected chi connectivity index (χ0v) is 18.6. The van der Waals surface area contributed by atoms with Crippen LogP contribution in [-0.4, -0.2) is 38.7 Å². The monoisotopic (exact) mass is 439 g/mol. The second-order valence-electron chi connectivity index (χ2n) is 10.0. The molecule has 0 spiro atoms. The summed E-state index contributed by atoms with van der Waals surface area (Å²) in [5, 5.41) is 7.84. The van der Waals surface area contributed by atoms with E-state index < -0.39 is 11.7 Å². The van der Waals surface area contributed by atoms with Gasteiger partial charge in [-0.05, 0) is 62.5 Å². The van der Waals surface area contributed by atoms with Gasteiger partial charge in [-0.25, -0.2) is 9.18 Å². The van der Waals surface area contributed by atoms with Gasteiger partial charge in [0.05, 0.1) is 24.3 Å². The summed E-state index contributed by atoms with van der Waals surface area (Å²) in [6, 6.07) is 5.84. The van der Waals surface area contributed by atoms with Gasteiger partial charge < -0.3 is 16.0 Å². The Bertz CT molecular complexity index is 1070. The molecule has 2 bridgehead atoms. The lowest BCUT2D eigenvalue weighted by Gasteiger charge is -2.43. The zero-order valence-electron chi connectivity index (χ0n) is 18.6. The number of urea groups is 1. The fourth-order valence-electron chi connectivity index (χ4n) is 6.18. The average Bonchev–Trinajstić information content (AvgIpc) is 3.22. The number of carbonyl (C=O) groups is 2. The first-order valence-corrected chi connectivity index (χ1v) is 11.5. The number of benzene rings is 1. The molecule has 2 heterocycles. The van der Waals surface area contributed by atoms with Gasteiger partial charge in [0.25, 0.3) is 5.91 Å². The van der Waals surface area contributed by atoms with Gasteiger partial charge >= 0.3 is 6.03 Å². The van der Waals surface area contributed by atoms with Crippen molar-refractivity contribution >= 4 is 11.9 Å². The maximum atomic E-state index is 13.8. The number of aromatic nitrogens is 2. The Morgan fingerprint density at radius 1 is 1.22 bits per heavy atom. The Balaban J connectivity index is 1.37. The first kappa shape index (κ1) is 21.0. The summed E-state index contributed by atoms with van der Waals surface area (Å²) in [6.45, 7) is 5.69. The van der Waals surface area contributed by atoms with Crippen molar-refractivity contribution in [2.45, 2.75) is 58.2 Å². The molecule has 2 fully saturated rings. The number of amides is 3. The summed E-state index contributed by atoms with van der Waals surface area (Å²) in [5.74, 6) is 1.06. The standard InChI is InChI=1S/C24H30FN5O2/c1-14-16-6-7-17(14)12-24(2,11-16)27-23(32)29-8-9-30-19(13-29)20(22(26)31)21(28-30)15-4-3-5-18(25)10-15/h3-5,10,14,16-17H,6-9,11-13H2,1-2H3,(H2,26,31)(H,27,32). The van der Waals surface area contributed by atoms with Crippen LogP contribution < -0.4 is 11.1 Å². The normalized spacial score (nSPS) is 29.0. The lowest BCUT2D eigenvalue weighted by atomic mass is 9.70. The highest BCUT2D eigenvalue weighted by molar-refractivity contribution is 6.00. The van der Waals surface area contributed by atoms with E-state index in [2.05, 4.69) is 24.3 Å². The number of nitrogens with two attached hydrogens (primary N) is 1. The Kier molecular flexibility index (Phi) is 4.98. The smallest absolute Gasteiger partial charge is 0.318 e. The van der Waals surface area contributed by atoms with Crippen LogP contribution in [0.25, 0.3) is 11.3 Å². The molecule has 2 aromatic rings. The summed E-state index contributed by atoms with van der Waals surface area (Å²) in [4.78, 5) is 27.3. The molecule has 2 unspecified atom stereocenters. The number of hydrogen-bond donors (Lipinski definition) is 2. The molecule has 8 heteroatoms. The number of fused-ring (bicyclic) bond motifs is 3. The maximum absolute atomic E-state index is 13.8. The van der Waals surface area contributed by atoms with Crippen LogP contribution in [0.1, 0.15) is 55.6 Å². The van der Waals surface area contributed by atoms with Crippen molar-refractivity contribution in [2.75, 3.05) is 6.54 Å². The molecule has 3 amide bonds. The van der Waals surface area contributed by atoms with Gasteiger partial charge in [-0.2, -0.15) is 5.10 Å². The highest BCUT2D eigenvalue weighted by atomic mass is 19.1. The molecule has 3 aliphatic rings. The molecule has 2 saturated carbocycles. The predicted molar refractivity (Wildman–Crippen MR) is 118 cm³/mol. The summed E-state index contributed by atoms with van der Waals surface area (Å²) >= 11 is 0. The molecule has 1 aliphatic heterocycles. The highest BCUT2D eigenvalue weighted by Crippen LogP contribution is 2.50. The zero-order chi connectivity index (χ0) is 22.6. The largest absolute Gasteiger partial charge is 0.365 e. The number of hydrogen-bond acceptors (Lipinski definition) is 3. The van der Waals surface area contributed by atoms with Crippen LogP contribution >= 0.6 is 0 Å². The van der Waals surface area contributed by atoms with Crippen molar-refractivity contribution in [3.8, 4) is 11.3 Å². The van der Waals surface area contributed by atoms with Gasteiger partial charge in [0, 0.05) is 17.6 Å². The van der Waals surface area contributed by atoms with E-state index in [4.69, 9.17) is 5.73 Å². The van der Waals surface area contributed by atoms with Gasteiger partial charge in [-0.3, -0.25) is 9.48 Å². The molecular weight excluding hydrogens is 409 g/mol. The van der Waals surface area contributed by atoms with Gasteiger partial charge in [-0.1, -0.05) is 19.1 Å². The molecule has 1 aromatic heterocycles. The maximum Gasteiger partial charge on any atom is 0.318 e. The van der Waals surface area contributed by atoms with Gasteiger partial charge in [0.15, 0.2) is 0 Å². The summed E-state index contributed by atoms with van der Waals surface area (Å²) < 4.78 is 15.5. The van der Waals surface area contributed by atoms with E-state index in [-0.39, 0.29) is 23.7 Å². The van der Waals surface area contributed by atoms with E-state index in [9.17, 15) is 14.0 Å². The third-order valence-electron chi connectivity index (χ3n) is 7.84. The van der Waals surface area contributed by atoms with E-state index in [0.717, 1.165) is 18.8 Å². The topological polar surface area (TPSA) is 93.2 Å². The van der Waals surface area contributed by atoms with Crippen molar-refractivity contribution in [3.05, 3.63) is 41.3 Å².